The van der Waals surface area contributed by atoms with Crippen molar-refractivity contribution in [1.29, 1.82) is 0 Å². The summed E-state index contributed by atoms with van der Waals surface area (Å²) in [5.41, 5.74) is 1.07. The number of fused-ring (bicyclic) bond motifs is 1. The highest BCUT2D eigenvalue weighted by Crippen LogP contribution is 2.46. The summed E-state index contributed by atoms with van der Waals surface area (Å²) in [7, 11) is 3.08. The number of hydrogen-bond acceptors (Lipinski definition) is 9. The van der Waals surface area contributed by atoms with Gasteiger partial charge in [0.25, 0.3) is 0 Å². The van der Waals surface area contributed by atoms with Gasteiger partial charge in [0, 0.05) is 60.2 Å². The van der Waals surface area contributed by atoms with Crippen LogP contribution in [-0.4, -0.2) is 68.5 Å². The monoisotopic (exact) mass is 586 g/mol. The van der Waals surface area contributed by atoms with E-state index in [4.69, 9.17) is 47.1 Å². The number of ether oxygens (including phenoxy) is 4. The van der Waals surface area contributed by atoms with Crippen LogP contribution >= 0.6 is 23.2 Å². The Morgan fingerprint density at radius 2 is 1.80 bits per heavy atom. The van der Waals surface area contributed by atoms with Gasteiger partial charge in [0.1, 0.15) is 23.1 Å². The molecule has 0 spiro atoms. The molecule has 2 aromatic heterocycles. The van der Waals surface area contributed by atoms with Crippen molar-refractivity contribution in [3.63, 3.8) is 0 Å². The van der Waals surface area contributed by atoms with Crippen molar-refractivity contribution in [2.45, 2.75) is 31.3 Å². The van der Waals surface area contributed by atoms with Gasteiger partial charge in [0.2, 0.25) is 0 Å². The lowest BCUT2D eigenvalue weighted by Gasteiger charge is -2.25. The van der Waals surface area contributed by atoms with Gasteiger partial charge in [0.15, 0.2) is 5.78 Å². The van der Waals surface area contributed by atoms with Crippen molar-refractivity contribution >= 4 is 51.4 Å². The Balaban J connectivity index is 1.56. The minimum atomic E-state index is -0.0464. The Bertz CT molecular complexity index is 1380. The van der Waals surface area contributed by atoms with E-state index in [-0.39, 0.29) is 23.8 Å². The van der Waals surface area contributed by atoms with Crippen LogP contribution in [-0.2, 0) is 14.3 Å². The number of carbonyl (C=O) groups is 1. The van der Waals surface area contributed by atoms with E-state index in [1.54, 1.807) is 12.3 Å². The third kappa shape index (κ3) is 5.98. The molecule has 3 aromatic rings. The van der Waals surface area contributed by atoms with Gasteiger partial charge in [-0.3, -0.25) is 4.79 Å². The predicted octanol–water partition coefficient (Wildman–Crippen LogP) is 5.78. The van der Waals surface area contributed by atoms with Gasteiger partial charge in [-0.15, -0.1) is 0 Å². The highest BCUT2D eigenvalue weighted by molar-refractivity contribution is 6.41. The summed E-state index contributed by atoms with van der Waals surface area (Å²) in [6.07, 6.45) is 5.24. The third-order valence-corrected chi connectivity index (χ3v) is 8.08. The quantitative estimate of drug-likeness (QED) is 0.286. The van der Waals surface area contributed by atoms with E-state index >= 15 is 0 Å². The SMILES string of the molecule is C=CC(=O)C[C@H]1COC[C@H]1Nc1cc2c(NC3CCOCC3)nc(-c3c(Cl)c(OC)cc(OC)c3Cl)cc2cn1. The minimum absolute atomic E-state index is 0.0000534. The Labute approximate surface area is 243 Å². The molecule has 4 heterocycles. The highest BCUT2D eigenvalue weighted by atomic mass is 35.5. The maximum Gasteiger partial charge on any atom is 0.155 e. The summed E-state index contributed by atoms with van der Waals surface area (Å²) < 4.78 is 22.2. The normalized spacial score (nSPS) is 19.4. The molecule has 40 heavy (non-hydrogen) atoms. The fourth-order valence-electron chi connectivity index (χ4n) is 5.10. The fraction of sp³-hybridized carbons (Fsp3) is 0.414. The number of aromatic nitrogens is 2. The van der Waals surface area contributed by atoms with E-state index in [2.05, 4.69) is 22.2 Å². The van der Waals surface area contributed by atoms with Crippen molar-refractivity contribution in [2.24, 2.45) is 5.92 Å². The number of allylic oxidation sites excluding steroid dienone is 1. The molecular weight excluding hydrogens is 555 g/mol. The molecule has 2 fully saturated rings. The molecule has 9 nitrogen and oxygen atoms in total. The van der Waals surface area contributed by atoms with Crippen molar-refractivity contribution in [3.8, 4) is 22.8 Å². The van der Waals surface area contributed by atoms with Gasteiger partial charge < -0.3 is 29.6 Å². The predicted molar refractivity (Wildman–Crippen MR) is 157 cm³/mol. The van der Waals surface area contributed by atoms with E-state index < -0.39 is 0 Å². The zero-order chi connectivity index (χ0) is 28.2. The maximum absolute atomic E-state index is 12.0. The number of hydrogen-bond donors (Lipinski definition) is 2. The van der Waals surface area contributed by atoms with Crippen molar-refractivity contribution in [1.82, 2.24) is 9.97 Å². The summed E-state index contributed by atoms with van der Waals surface area (Å²) in [4.78, 5) is 21.7. The molecule has 0 radical (unpaired) electrons. The number of nitrogens with zero attached hydrogens (tertiary/aromatic N) is 2. The van der Waals surface area contributed by atoms with E-state index in [0.717, 1.165) is 23.6 Å². The van der Waals surface area contributed by atoms with E-state index in [0.29, 0.717) is 77.3 Å². The number of anilines is 2. The Morgan fingerprint density at radius 3 is 2.48 bits per heavy atom. The third-order valence-electron chi connectivity index (χ3n) is 7.33. The molecule has 0 unspecified atom stereocenters. The van der Waals surface area contributed by atoms with Gasteiger partial charge in [0.05, 0.1) is 49.2 Å². The van der Waals surface area contributed by atoms with Crippen LogP contribution in [0.1, 0.15) is 19.3 Å². The first-order valence-electron chi connectivity index (χ1n) is 13.2. The van der Waals surface area contributed by atoms with Crippen LogP contribution in [0.2, 0.25) is 10.0 Å². The smallest absolute Gasteiger partial charge is 0.155 e. The first-order valence-corrected chi connectivity index (χ1v) is 13.9. The second-order valence-electron chi connectivity index (χ2n) is 9.88. The first kappa shape index (κ1) is 28.4. The molecule has 5 rings (SSSR count). The standard InChI is InChI=1S/C29H32Cl2N4O5/c1-4-19(36)9-17-14-40-15-22(17)34-25-11-20-16(13-32-25)10-21(35-29(20)33-18-5-7-39-8-6-18)26-27(30)23(37-2)12-24(38-3)28(26)31/h4,10-13,17-18,22H,1,5-9,14-15H2,2-3H3,(H,32,34)(H,33,35)/t17-,22+/m0/s1. The highest BCUT2D eigenvalue weighted by Gasteiger charge is 2.30. The van der Waals surface area contributed by atoms with Crippen LogP contribution in [0.4, 0.5) is 11.6 Å². The zero-order valence-corrected chi connectivity index (χ0v) is 24.0. The average Bonchev–Trinajstić information content (AvgIpc) is 3.40. The van der Waals surface area contributed by atoms with Crippen molar-refractivity contribution in [2.75, 3.05) is 51.3 Å². The lowest BCUT2D eigenvalue weighted by atomic mass is 9.97. The van der Waals surface area contributed by atoms with Crippen LogP contribution in [0.25, 0.3) is 22.0 Å². The molecule has 2 atom stereocenters. The number of methoxy groups -OCH3 is 2. The summed E-state index contributed by atoms with van der Waals surface area (Å²) in [5, 5.41) is 9.49. The fourth-order valence-corrected chi connectivity index (χ4v) is 5.79. The van der Waals surface area contributed by atoms with E-state index in [9.17, 15) is 4.79 Å². The van der Waals surface area contributed by atoms with Gasteiger partial charge >= 0.3 is 0 Å². The number of benzene rings is 1. The molecule has 2 aliphatic heterocycles. The average molecular weight is 588 g/mol. The summed E-state index contributed by atoms with van der Waals surface area (Å²) in [5.74, 6) is 2.25. The largest absolute Gasteiger partial charge is 0.495 e. The van der Waals surface area contributed by atoms with Crippen molar-refractivity contribution in [3.05, 3.63) is 47.1 Å². The van der Waals surface area contributed by atoms with Crippen molar-refractivity contribution < 1.29 is 23.7 Å². The molecule has 212 valence electrons. The van der Waals surface area contributed by atoms with Crippen LogP contribution in [0.15, 0.2) is 37.1 Å². The van der Waals surface area contributed by atoms with Crippen LogP contribution in [0.3, 0.4) is 0 Å². The molecule has 2 aliphatic rings. The maximum atomic E-state index is 12.0. The van der Waals surface area contributed by atoms with Gasteiger partial charge in [-0.25, -0.2) is 9.97 Å². The van der Waals surface area contributed by atoms with E-state index in [1.165, 1.54) is 20.3 Å². The molecule has 0 saturated carbocycles. The lowest BCUT2D eigenvalue weighted by Crippen LogP contribution is -2.29. The Kier molecular flexibility index (Phi) is 8.95. The number of ketones is 1. The van der Waals surface area contributed by atoms with Crippen LogP contribution < -0.4 is 20.1 Å². The molecule has 11 heteroatoms. The van der Waals surface area contributed by atoms with Gasteiger partial charge in [-0.1, -0.05) is 29.8 Å². The summed E-state index contributed by atoms with van der Waals surface area (Å²) >= 11 is 13.5. The minimum Gasteiger partial charge on any atom is -0.495 e. The number of rotatable bonds is 10. The molecule has 0 bridgehead atoms. The Morgan fingerprint density at radius 1 is 1.07 bits per heavy atom. The molecular formula is C29H32Cl2N4O5. The second-order valence-corrected chi connectivity index (χ2v) is 10.6. The molecule has 2 saturated heterocycles. The molecule has 0 aliphatic carbocycles. The van der Waals surface area contributed by atoms with Gasteiger partial charge in [-0.05, 0) is 31.1 Å². The molecule has 0 amide bonds. The topological polar surface area (TPSA) is 104 Å². The number of halogens is 2. The van der Waals surface area contributed by atoms with E-state index in [1.807, 2.05) is 12.1 Å². The van der Waals surface area contributed by atoms with Gasteiger partial charge in [-0.2, -0.15) is 0 Å². The summed E-state index contributed by atoms with van der Waals surface area (Å²) in [6.45, 7) is 5.96. The number of carbonyl (C=O) groups excluding carboxylic acids is 1. The first-order chi connectivity index (χ1) is 19.4. The number of nitrogens with one attached hydrogen (secondary N) is 2. The zero-order valence-electron chi connectivity index (χ0n) is 22.5. The lowest BCUT2D eigenvalue weighted by molar-refractivity contribution is -0.115. The Hall–Kier alpha value is -3.11. The molecule has 1 aromatic carbocycles. The summed E-state index contributed by atoms with van der Waals surface area (Å²) in [6, 6.07) is 5.66. The van der Waals surface area contributed by atoms with Crippen LogP contribution in [0, 0.1) is 5.92 Å². The number of pyridine rings is 2. The van der Waals surface area contributed by atoms with Crippen LogP contribution in [0.5, 0.6) is 11.5 Å². The second kappa shape index (κ2) is 12.6. The molecule has 2 N–H and O–H groups in total.